The fraction of sp³-hybridized carbons (Fsp3) is 0.250. The summed E-state index contributed by atoms with van der Waals surface area (Å²) in [5.41, 5.74) is 3.61. The van der Waals surface area contributed by atoms with Crippen molar-refractivity contribution in [2.75, 3.05) is 6.54 Å². The van der Waals surface area contributed by atoms with E-state index in [0.717, 1.165) is 23.2 Å². The van der Waals surface area contributed by atoms with Crippen molar-refractivity contribution in [2.45, 2.75) is 20.0 Å². The van der Waals surface area contributed by atoms with Crippen LogP contribution >= 0.6 is 0 Å². The number of amides is 1. The molecule has 1 aliphatic rings. The molecular formula is C16H16N2O2. The Morgan fingerprint density at radius 2 is 2.10 bits per heavy atom. The Bertz CT molecular complexity index is 638. The number of pyridine rings is 1. The van der Waals surface area contributed by atoms with Crippen LogP contribution < -0.4 is 10.1 Å². The highest BCUT2D eigenvalue weighted by atomic mass is 16.5. The zero-order valence-electron chi connectivity index (χ0n) is 11.3. The maximum absolute atomic E-state index is 12.1. The first kappa shape index (κ1) is 12.7. The highest BCUT2D eigenvalue weighted by Crippen LogP contribution is 2.26. The van der Waals surface area contributed by atoms with E-state index in [1.165, 1.54) is 0 Å². The topological polar surface area (TPSA) is 51.2 Å². The van der Waals surface area contributed by atoms with Gasteiger partial charge in [-0.1, -0.05) is 30.3 Å². The van der Waals surface area contributed by atoms with Crippen LogP contribution in [0.1, 0.15) is 27.2 Å². The molecule has 0 bridgehead atoms. The molecule has 1 aliphatic heterocycles. The number of hydrogen-bond acceptors (Lipinski definition) is 3. The molecule has 0 spiro atoms. The molecule has 1 N–H and O–H groups in total. The first-order valence-electron chi connectivity index (χ1n) is 6.69. The van der Waals surface area contributed by atoms with Crippen molar-refractivity contribution in [2.24, 2.45) is 0 Å². The molecule has 0 saturated carbocycles. The first-order valence-corrected chi connectivity index (χ1v) is 6.69. The third-order valence-electron chi connectivity index (χ3n) is 3.49. The van der Waals surface area contributed by atoms with Crippen LogP contribution in [0.5, 0.6) is 5.75 Å². The van der Waals surface area contributed by atoms with Crippen LogP contribution in [0, 0.1) is 6.92 Å². The van der Waals surface area contributed by atoms with Gasteiger partial charge in [-0.2, -0.15) is 0 Å². The molecule has 3 rings (SSSR count). The van der Waals surface area contributed by atoms with Crippen molar-refractivity contribution < 1.29 is 9.53 Å². The second-order valence-corrected chi connectivity index (χ2v) is 4.84. The van der Waals surface area contributed by atoms with Crippen molar-refractivity contribution in [3.63, 3.8) is 0 Å². The highest BCUT2D eigenvalue weighted by Gasteiger charge is 2.23. The van der Waals surface area contributed by atoms with Gasteiger partial charge in [-0.15, -0.1) is 0 Å². The number of aromatic nitrogens is 1. The minimum Gasteiger partial charge on any atom is -0.486 e. The molecule has 1 amide bonds. The normalized spacial score (nSPS) is 13.6. The maximum Gasteiger partial charge on any atom is 0.255 e. The zero-order valence-corrected chi connectivity index (χ0v) is 11.3. The number of nitrogens with zero attached hydrogens (tertiary/aromatic N) is 1. The second kappa shape index (κ2) is 5.33. The fourth-order valence-electron chi connectivity index (χ4n) is 2.42. The van der Waals surface area contributed by atoms with Crippen LogP contribution in [0.3, 0.4) is 0 Å². The van der Waals surface area contributed by atoms with E-state index in [4.69, 9.17) is 4.74 Å². The summed E-state index contributed by atoms with van der Waals surface area (Å²) in [6.07, 6.45) is 2.45. The molecule has 20 heavy (non-hydrogen) atoms. The van der Waals surface area contributed by atoms with Gasteiger partial charge in [0.25, 0.3) is 5.91 Å². The molecule has 0 radical (unpaired) electrons. The average molecular weight is 268 g/mol. The molecule has 4 heteroatoms. The smallest absolute Gasteiger partial charge is 0.255 e. The molecule has 1 aromatic heterocycles. The largest absolute Gasteiger partial charge is 0.486 e. The lowest BCUT2D eigenvalue weighted by molar-refractivity contribution is 0.0940. The van der Waals surface area contributed by atoms with Gasteiger partial charge in [0.15, 0.2) is 5.75 Å². The van der Waals surface area contributed by atoms with E-state index in [9.17, 15) is 4.79 Å². The Labute approximate surface area is 117 Å². The lowest BCUT2D eigenvalue weighted by Crippen LogP contribution is -2.33. The van der Waals surface area contributed by atoms with Gasteiger partial charge >= 0.3 is 0 Å². The average Bonchev–Trinajstić information content (AvgIpc) is 2.48. The van der Waals surface area contributed by atoms with Crippen LogP contribution in [0.4, 0.5) is 0 Å². The molecule has 0 fully saturated rings. The van der Waals surface area contributed by atoms with Gasteiger partial charge in [0.1, 0.15) is 6.61 Å². The summed E-state index contributed by atoms with van der Waals surface area (Å²) in [7, 11) is 0. The Balaban J connectivity index is 1.89. The van der Waals surface area contributed by atoms with Crippen LogP contribution in [0.25, 0.3) is 0 Å². The Morgan fingerprint density at radius 3 is 2.90 bits per heavy atom. The van der Waals surface area contributed by atoms with E-state index in [1.807, 2.05) is 37.3 Å². The third kappa shape index (κ3) is 2.37. The standard InChI is InChI=1S/C16H16N2O2/c1-11-13-7-8-17-16(19)15(13)14(9-18-11)20-10-12-5-3-2-4-6-12/h2-6,9H,7-8,10H2,1H3,(H,17,19). The predicted molar refractivity (Wildman–Crippen MR) is 75.8 cm³/mol. The van der Waals surface area contributed by atoms with Gasteiger partial charge in [-0.05, 0) is 24.5 Å². The molecule has 4 nitrogen and oxygen atoms in total. The van der Waals surface area contributed by atoms with Crippen LogP contribution in [0.15, 0.2) is 36.5 Å². The summed E-state index contributed by atoms with van der Waals surface area (Å²) >= 11 is 0. The van der Waals surface area contributed by atoms with E-state index in [1.54, 1.807) is 6.20 Å². The highest BCUT2D eigenvalue weighted by molar-refractivity contribution is 5.99. The number of carbonyl (C=O) groups excluding carboxylic acids is 1. The summed E-state index contributed by atoms with van der Waals surface area (Å²) in [6.45, 7) is 3.03. The molecule has 102 valence electrons. The number of nitrogens with one attached hydrogen (secondary N) is 1. The van der Waals surface area contributed by atoms with E-state index in [0.29, 0.717) is 24.5 Å². The van der Waals surface area contributed by atoms with Crippen LogP contribution in [-0.4, -0.2) is 17.4 Å². The molecule has 1 aromatic carbocycles. The van der Waals surface area contributed by atoms with Crippen molar-refractivity contribution >= 4 is 5.91 Å². The van der Waals surface area contributed by atoms with Gasteiger partial charge in [0.05, 0.1) is 11.8 Å². The van der Waals surface area contributed by atoms with E-state index in [-0.39, 0.29) is 5.91 Å². The van der Waals surface area contributed by atoms with Gasteiger partial charge in [-0.3, -0.25) is 9.78 Å². The van der Waals surface area contributed by atoms with Crippen molar-refractivity contribution in [3.8, 4) is 5.75 Å². The lowest BCUT2D eigenvalue weighted by atomic mass is 9.99. The zero-order chi connectivity index (χ0) is 13.9. The summed E-state index contributed by atoms with van der Waals surface area (Å²) < 4.78 is 5.79. The predicted octanol–water partition coefficient (Wildman–Crippen LogP) is 2.25. The Morgan fingerprint density at radius 1 is 1.30 bits per heavy atom. The van der Waals surface area contributed by atoms with Gasteiger partial charge in [0, 0.05) is 12.2 Å². The number of ether oxygens (including phenoxy) is 1. The van der Waals surface area contributed by atoms with Crippen molar-refractivity contribution in [1.82, 2.24) is 10.3 Å². The van der Waals surface area contributed by atoms with Crippen molar-refractivity contribution in [1.29, 1.82) is 0 Å². The minimum atomic E-state index is -0.0696. The first-order chi connectivity index (χ1) is 9.75. The van der Waals surface area contributed by atoms with Crippen molar-refractivity contribution in [3.05, 3.63) is 58.9 Å². The summed E-state index contributed by atoms with van der Waals surface area (Å²) in [5.74, 6) is 0.492. The second-order valence-electron chi connectivity index (χ2n) is 4.84. The number of benzene rings is 1. The van der Waals surface area contributed by atoms with E-state index < -0.39 is 0 Å². The molecule has 0 atom stereocenters. The number of rotatable bonds is 3. The maximum atomic E-state index is 12.1. The SMILES string of the molecule is Cc1ncc(OCc2ccccc2)c2c1CCNC2=O. The molecule has 0 saturated heterocycles. The number of aryl methyl sites for hydroxylation is 1. The molecule has 0 unspecified atom stereocenters. The number of hydrogen-bond donors (Lipinski definition) is 1. The van der Waals surface area contributed by atoms with Gasteiger partial charge in [-0.25, -0.2) is 0 Å². The summed E-state index contributed by atoms with van der Waals surface area (Å²) in [5, 5.41) is 2.86. The lowest BCUT2D eigenvalue weighted by Gasteiger charge is -2.20. The number of fused-ring (bicyclic) bond motifs is 1. The molecule has 0 aliphatic carbocycles. The monoisotopic (exact) mass is 268 g/mol. The molecule has 2 heterocycles. The quantitative estimate of drug-likeness (QED) is 0.929. The van der Waals surface area contributed by atoms with E-state index in [2.05, 4.69) is 10.3 Å². The van der Waals surface area contributed by atoms with Gasteiger partial charge < -0.3 is 10.1 Å². The number of carbonyl (C=O) groups is 1. The summed E-state index contributed by atoms with van der Waals surface area (Å²) in [6, 6.07) is 9.89. The molecule has 2 aromatic rings. The van der Waals surface area contributed by atoms with Crippen LogP contribution in [0.2, 0.25) is 0 Å². The molecular weight excluding hydrogens is 252 g/mol. The Kier molecular flexibility index (Phi) is 3.37. The third-order valence-corrected chi connectivity index (χ3v) is 3.49. The Hall–Kier alpha value is -2.36. The minimum absolute atomic E-state index is 0.0696. The fourth-order valence-corrected chi connectivity index (χ4v) is 2.42. The van der Waals surface area contributed by atoms with E-state index >= 15 is 0 Å². The van der Waals surface area contributed by atoms with Crippen LogP contribution in [-0.2, 0) is 13.0 Å². The summed E-state index contributed by atoms with van der Waals surface area (Å²) in [4.78, 5) is 16.4. The van der Waals surface area contributed by atoms with Gasteiger partial charge in [0.2, 0.25) is 0 Å².